The van der Waals surface area contributed by atoms with Crippen LogP contribution in [0.2, 0.25) is 30.1 Å². The molecule has 0 N–H and O–H groups in total. The molecule has 2 heterocycles. The molecule has 46 heavy (non-hydrogen) atoms. The normalized spacial score (nSPS) is 10.8. The number of halogens is 6. The summed E-state index contributed by atoms with van der Waals surface area (Å²) in [5, 5.41) is 20.6. The number of hydrogen-bond acceptors (Lipinski definition) is 4. The van der Waals surface area contributed by atoms with Gasteiger partial charge in [-0.2, -0.15) is 15.5 Å². The van der Waals surface area contributed by atoms with Crippen molar-refractivity contribution >= 4 is 75.5 Å². The smallest absolute Gasteiger partial charge is 0.268 e. The first-order chi connectivity index (χ1) is 21.8. The van der Waals surface area contributed by atoms with Crippen LogP contribution < -0.4 is 0 Å². The van der Waals surface area contributed by atoms with E-state index < -0.39 is 0 Å². The Balaban J connectivity index is 0.000000216. The van der Waals surface area contributed by atoms with Crippen LogP contribution in [0.3, 0.4) is 0 Å². The molecule has 238 valence electrons. The minimum atomic E-state index is -0.377. The third-order valence-corrected chi connectivity index (χ3v) is 9.65. The molecule has 5 aromatic rings. The summed E-state index contributed by atoms with van der Waals surface area (Å²) in [5.74, 6) is -0.377. The van der Waals surface area contributed by atoms with Crippen molar-refractivity contribution in [2.45, 2.75) is 53.5 Å². The second-order valence-corrected chi connectivity index (χ2v) is 12.9. The highest BCUT2D eigenvalue weighted by Crippen LogP contribution is 2.31. The predicted octanol–water partition coefficient (Wildman–Crippen LogP) is 10.7. The van der Waals surface area contributed by atoms with Gasteiger partial charge in [0.1, 0.15) is 0 Å². The van der Waals surface area contributed by atoms with Crippen molar-refractivity contribution in [2.24, 2.45) is 0 Å². The van der Waals surface area contributed by atoms with E-state index in [-0.39, 0.29) is 21.5 Å². The molecule has 0 saturated heterocycles. The molecule has 0 amide bonds. The lowest BCUT2D eigenvalue weighted by Gasteiger charge is -2.09. The number of nitrogens with zero attached hydrogens (tertiary/aromatic N) is 5. The first kappa shape index (κ1) is 35.8. The van der Waals surface area contributed by atoms with Crippen molar-refractivity contribution in [3.05, 3.63) is 135 Å². The van der Waals surface area contributed by atoms with E-state index in [0.29, 0.717) is 51.6 Å². The third-order valence-electron chi connectivity index (χ3n) is 7.61. The average Bonchev–Trinajstić information content (AvgIpc) is 3.44. The molecule has 0 aliphatic carbocycles. The van der Waals surface area contributed by atoms with Gasteiger partial charge in [0.2, 0.25) is 0 Å². The molecule has 2 aromatic heterocycles. The lowest BCUT2D eigenvalue weighted by Crippen LogP contribution is -2.16. The van der Waals surface area contributed by atoms with Crippen LogP contribution in [0, 0.1) is 39.0 Å². The molecule has 0 spiro atoms. The first-order valence-electron chi connectivity index (χ1n) is 14.1. The monoisotopic (exact) mass is 733 g/mol. The number of nitriles is 1. The minimum absolute atomic E-state index is 0.226. The fraction of sp³-hybridized carbons (Fsp3) is 0.235. The Morgan fingerprint density at radius 1 is 0.652 bits per heavy atom. The molecule has 0 aliphatic rings. The number of hydrogen-bond donors (Lipinski definition) is 0. The molecule has 0 bridgehead atoms. The summed E-state index contributed by atoms with van der Waals surface area (Å²) < 4.78 is 3.20. The van der Waals surface area contributed by atoms with Gasteiger partial charge in [0.25, 0.3) is 5.91 Å². The van der Waals surface area contributed by atoms with Crippen LogP contribution in [0.25, 0.3) is 0 Å². The molecule has 5 rings (SSSR count). The fourth-order valence-corrected chi connectivity index (χ4v) is 6.68. The van der Waals surface area contributed by atoms with E-state index in [2.05, 4.69) is 16.3 Å². The van der Waals surface area contributed by atoms with Gasteiger partial charge in [-0.25, -0.2) is 4.68 Å². The number of rotatable bonds is 7. The topological polar surface area (TPSA) is 76.5 Å². The standard InChI is InChI=1S/C19H14Cl4N2O.C15H15Cl2N3/c1-10-12(9-13-14(20)5-3-6-15(13)21)11(2)25(24-10)19(26)18-16(22)7-4-8-17(18)23;1-10-12(11(2)20(19-10)8-4-7-18)9-13-14(16)5-3-6-15(13)17/h3-8H,9H2,1-2H3;3,5-6H,4,8-9H2,1-2H3. The van der Waals surface area contributed by atoms with Gasteiger partial charge < -0.3 is 0 Å². The van der Waals surface area contributed by atoms with Crippen LogP contribution in [0.4, 0.5) is 0 Å². The molecule has 0 saturated carbocycles. The van der Waals surface area contributed by atoms with Crippen molar-refractivity contribution in [2.75, 3.05) is 0 Å². The van der Waals surface area contributed by atoms with Crippen LogP contribution in [-0.4, -0.2) is 25.5 Å². The van der Waals surface area contributed by atoms with Gasteiger partial charge in [0.15, 0.2) is 0 Å². The summed E-state index contributed by atoms with van der Waals surface area (Å²) in [4.78, 5) is 12.9. The fourth-order valence-electron chi connectivity index (χ4n) is 5.06. The summed E-state index contributed by atoms with van der Waals surface area (Å²) >= 11 is 37.3. The van der Waals surface area contributed by atoms with Crippen molar-refractivity contribution in [3.8, 4) is 6.07 Å². The minimum Gasteiger partial charge on any atom is -0.268 e. The van der Waals surface area contributed by atoms with Crippen molar-refractivity contribution in [1.29, 1.82) is 5.26 Å². The van der Waals surface area contributed by atoms with Gasteiger partial charge in [0, 0.05) is 55.4 Å². The zero-order valence-corrected chi connectivity index (χ0v) is 30.0. The summed E-state index contributed by atoms with van der Waals surface area (Å²) in [6.45, 7) is 8.25. The first-order valence-corrected chi connectivity index (χ1v) is 16.4. The number of benzene rings is 3. The second kappa shape index (κ2) is 15.7. The van der Waals surface area contributed by atoms with E-state index in [0.717, 1.165) is 39.3 Å². The lowest BCUT2D eigenvalue weighted by atomic mass is 10.0. The highest BCUT2D eigenvalue weighted by Gasteiger charge is 2.23. The zero-order chi connectivity index (χ0) is 33.7. The summed E-state index contributed by atoms with van der Waals surface area (Å²) in [5.41, 5.74) is 7.38. The molecule has 0 aliphatic heterocycles. The van der Waals surface area contributed by atoms with Crippen LogP contribution in [0.1, 0.15) is 61.8 Å². The molecule has 6 nitrogen and oxygen atoms in total. The van der Waals surface area contributed by atoms with Gasteiger partial charge in [-0.05, 0) is 75.2 Å². The van der Waals surface area contributed by atoms with Gasteiger partial charge >= 0.3 is 0 Å². The quantitative estimate of drug-likeness (QED) is 0.167. The van der Waals surface area contributed by atoms with Crippen LogP contribution in [0.5, 0.6) is 0 Å². The summed E-state index contributed by atoms with van der Waals surface area (Å²) in [7, 11) is 0. The number of aromatic nitrogens is 4. The van der Waals surface area contributed by atoms with Crippen molar-refractivity contribution < 1.29 is 4.79 Å². The predicted molar refractivity (Wildman–Crippen MR) is 188 cm³/mol. The highest BCUT2D eigenvalue weighted by molar-refractivity contribution is 6.40. The number of carbonyl (C=O) groups is 1. The Kier molecular flexibility index (Phi) is 12.2. The Morgan fingerprint density at radius 3 is 1.52 bits per heavy atom. The Bertz CT molecular complexity index is 1900. The van der Waals surface area contributed by atoms with E-state index in [4.69, 9.17) is 74.9 Å². The van der Waals surface area contributed by atoms with Gasteiger partial charge in [-0.15, -0.1) is 0 Å². The van der Waals surface area contributed by atoms with Gasteiger partial charge in [-0.3, -0.25) is 9.48 Å². The molecule has 0 radical (unpaired) electrons. The average molecular weight is 736 g/mol. The van der Waals surface area contributed by atoms with Gasteiger partial charge in [-0.1, -0.05) is 87.8 Å². The summed E-state index contributed by atoms with van der Waals surface area (Å²) in [6.07, 6.45) is 1.58. The Labute approximate surface area is 298 Å². The SMILES string of the molecule is Cc1nn(C(=O)c2c(Cl)cccc2Cl)c(C)c1Cc1c(Cl)cccc1Cl.Cc1nn(CCC#N)c(C)c1Cc1c(Cl)cccc1Cl. The maximum Gasteiger partial charge on any atom is 0.281 e. The Hall–Kier alpha value is -3.02. The maximum absolute atomic E-state index is 12.9. The maximum atomic E-state index is 12.9. The lowest BCUT2D eigenvalue weighted by molar-refractivity contribution is 0.0942. The summed E-state index contributed by atoms with van der Waals surface area (Å²) in [6, 6.07) is 17.9. The van der Waals surface area contributed by atoms with E-state index >= 15 is 0 Å². The largest absolute Gasteiger partial charge is 0.281 e. The van der Waals surface area contributed by atoms with Crippen LogP contribution in [-0.2, 0) is 19.4 Å². The highest BCUT2D eigenvalue weighted by atomic mass is 35.5. The van der Waals surface area contributed by atoms with Crippen molar-refractivity contribution in [1.82, 2.24) is 19.6 Å². The van der Waals surface area contributed by atoms with E-state index in [1.54, 1.807) is 36.4 Å². The molecule has 3 aromatic carbocycles. The van der Waals surface area contributed by atoms with E-state index in [9.17, 15) is 4.79 Å². The van der Waals surface area contributed by atoms with E-state index in [1.165, 1.54) is 4.68 Å². The van der Waals surface area contributed by atoms with Crippen molar-refractivity contribution in [3.63, 3.8) is 0 Å². The molecule has 0 atom stereocenters. The molecule has 12 heteroatoms. The van der Waals surface area contributed by atoms with Gasteiger partial charge in [0.05, 0.1) is 46.0 Å². The third kappa shape index (κ3) is 7.91. The molecular weight excluding hydrogens is 707 g/mol. The van der Waals surface area contributed by atoms with E-state index in [1.807, 2.05) is 50.6 Å². The molecule has 0 unspecified atom stereocenters. The van der Waals surface area contributed by atoms with Crippen LogP contribution in [0.15, 0.2) is 54.6 Å². The van der Waals surface area contributed by atoms with Crippen LogP contribution >= 0.6 is 69.6 Å². The Morgan fingerprint density at radius 2 is 1.07 bits per heavy atom. The second-order valence-electron chi connectivity index (χ2n) is 10.5. The molecular formula is C34H29Cl6N5O. The number of carbonyl (C=O) groups excluding carboxylic acids is 1. The molecule has 0 fully saturated rings. The number of aryl methyl sites for hydroxylation is 3. The zero-order valence-electron chi connectivity index (χ0n) is 25.4.